The van der Waals surface area contributed by atoms with Crippen LogP contribution < -0.4 is 0 Å². The highest BCUT2D eigenvalue weighted by atomic mass is 16.3. The van der Waals surface area contributed by atoms with Gasteiger partial charge in [-0.15, -0.1) is 0 Å². The molecule has 1 heterocycles. The van der Waals surface area contributed by atoms with Crippen molar-refractivity contribution < 1.29 is 4.42 Å². The first-order valence-corrected chi connectivity index (χ1v) is 5.95. The minimum absolute atomic E-state index is 0.0151. The Morgan fingerprint density at radius 2 is 2.00 bits per heavy atom. The van der Waals surface area contributed by atoms with Crippen LogP contribution in [0.1, 0.15) is 51.0 Å². The summed E-state index contributed by atoms with van der Waals surface area (Å²) in [6.07, 6.45) is 2.65. The molecule has 2 heteroatoms. The molecule has 16 heavy (non-hydrogen) atoms. The number of hydrogen-bond donors (Lipinski definition) is 0. The Morgan fingerprint density at radius 3 is 2.62 bits per heavy atom. The van der Waals surface area contributed by atoms with Crippen LogP contribution in [0.2, 0.25) is 0 Å². The molecule has 0 saturated heterocycles. The summed E-state index contributed by atoms with van der Waals surface area (Å²) < 4.78 is 5.84. The van der Waals surface area contributed by atoms with Crippen LogP contribution >= 0.6 is 0 Å². The van der Waals surface area contributed by atoms with Gasteiger partial charge in [0.1, 0.15) is 5.52 Å². The van der Waals surface area contributed by atoms with Gasteiger partial charge in [0.15, 0.2) is 5.58 Å². The molecule has 0 spiro atoms. The zero-order valence-electron chi connectivity index (χ0n) is 10.1. The molecule has 3 rings (SSSR count). The number of benzene rings is 1. The van der Waals surface area contributed by atoms with Crippen molar-refractivity contribution in [3.05, 3.63) is 29.7 Å². The number of oxazole rings is 1. The van der Waals surface area contributed by atoms with Crippen LogP contribution in [-0.2, 0) is 5.41 Å². The predicted molar refractivity (Wildman–Crippen MR) is 64.7 cm³/mol. The highest BCUT2D eigenvalue weighted by molar-refractivity contribution is 5.73. The Labute approximate surface area is 95.7 Å². The van der Waals surface area contributed by atoms with Gasteiger partial charge in [-0.25, -0.2) is 4.98 Å². The van der Waals surface area contributed by atoms with Crippen molar-refractivity contribution in [1.82, 2.24) is 4.98 Å². The lowest BCUT2D eigenvalue weighted by molar-refractivity contribution is 0.411. The van der Waals surface area contributed by atoms with Gasteiger partial charge in [-0.3, -0.25) is 0 Å². The Balaban J connectivity index is 2.10. The topological polar surface area (TPSA) is 26.0 Å². The lowest BCUT2D eigenvalue weighted by Gasteiger charge is -2.11. The van der Waals surface area contributed by atoms with Crippen molar-refractivity contribution >= 4 is 11.1 Å². The average molecular weight is 215 g/mol. The van der Waals surface area contributed by atoms with Crippen LogP contribution in [0.4, 0.5) is 0 Å². The molecule has 0 aliphatic heterocycles. The zero-order valence-corrected chi connectivity index (χ0v) is 10.1. The van der Waals surface area contributed by atoms with E-state index < -0.39 is 0 Å². The Hall–Kier alpha value is -1.31. The number of rotatable bonds is 1. The van der Waals surface area contributed by atoms with E-state index in [0.717, 1.165) is 22.9 Å². The van der Waals surface area contributed by atoms with Crippen LogP contribution in [0.5, 0.6) is 0 Å². The van der Waals surface area contributed by atoms with Crippen molar-refractivity contribution in [1.29, 1.82) is 0 Å². The quantitative estimate of drug-likeness (QED) is 0.718. The van der Waals surface area contributed by atoms with E-state index in [1.807, 2.05) is 0 Å². The summed E-state index contributed by atoms with van der Waals surface area (Å²) in [7, 11) is 0. The Morgan fingerprint density at radius 1 is 1.25 bits per heavy atom. The summed E-state index contributed by atoms with van der Waals surface area (Å²) in [5.74, 6) is 1.60. The molecule has 1 saturated carbocycles. The molecule has 2 nitrogen and oxygen atoms in total. The largest absolute Gasteiger partial charge is 0.440 e. The van der Waals surface area contributed by atoms with Crippen LogP contribution in [0.3, 0.4) is 0 Å². The SMILES string of the molecule is CC(C)(C)c1nc2ccc(C3CC3)cc2o1. The third-order valence-corrected chi connectivity index (χ3v) is 3.10. The highest BCUT2D eigenvalue weighted by Crippen LogP contribution is 2.41. The average Bonchev–Trinajstić information content (AvgIpc) is 2.95. The number of nitrogens with zero attached hydrogens (tertiary/aromatic N) is 1. The summed E-state index contributed by atoms with van der Waals surface area (Å²) in [6, 6.07) is 6.44. The van der Waals surface area contributed by atoms with Gasteiger partial charge in [-0.05, 0) is 36.5 Å². The van der Waals surface area contributed by atoms with E-state index in [1.54, 1.807) is 0 Å². The van der Waals surface area contributed by atoms with E-state index in [2.05, 4.69) is 44.0 Å². The fourth-order valence-electron chi connectivity index (χ4n) is 1.93. The van der Waals surface area contributed by atoms with Crippen LogP contribution in [0.15, 0.2) is 22.6 Å². The van der Waals surface area contributed by atoms with E-state index in [-0.39, 0.29) is 5.41 Å². The van der Waals surface area contributed by atoms with E-state index in [1.165, 1.54) is 18.4 Å². The summed E-state index contributed by atoms with van der Waals surface area (Å²) in [5, 5.41) is 0. The monoisotopic (exact) mass is 215 g/mol. The van der Waals surface area contributed by atoms with E-state index in [9.17, 15) is 0 Å². The second kappa shape index (κ2) is 3.09. The lowest BCUT2D eigenvalue weighted by atomic mass is 9.97. The summed E-state index contributed by atoms with van der Waals surface area (Å²) in [4.78, 5) is 4.54. The number of fused-ring (bicyclic) bond motifs is 1. The first kappa shape index (κ1) is 9.88. The predicted octanol–water partition coefficient (Wildman–Crippen LogP) is 4.00. The molecule has 0 radical (unpaired) electrons. The third-order valence-electron chi connectivity index (χ3n) is 3.10. The van der Waals surface area contributed by atoms with E-state index in [4.69, 9.17) is 4.42 Å². The second-order valence-corrected chi connectivity index (χ2v) is 5.77. The van der Waals surface area contributed by atoms with Gasteiger partial charge >= 0.3 is 0 Å². The van der Waals surface area contributed by atoms with Crippen LogP contribution in [0, 0.1) is 0 Å². The maximum atomic E-state index is 5.84. The highest BCUT2D eigenvalue weighted by Gasteiger charge is 2.25. The molecule has 0 atom stereocenters. The number of hydrogen-bond acceptors (Lipinski definition) is 2. The van der Waals surface area contributed by atoms with Crippen molar-refractivity contribution in [3.8, 4) is 0 Å². The molecule has 0 bridgehead atoms. The molecule has 0 unspecified atom stereocenters. The van der Waals surface area contributed by atoms with Gasteiger partial charge < -0.3 is 4.42 Å². The minimum atomic E-state index is -0.0151. The van der Waals surface area contributed by atoms with Crippen molar-refractivity contribution in [2.75, 3.05) is 0 Å². The van der Waals surface area contributed by atoms with Crippen molar-refractivity contribution in [3.63, 3.8) is 0 Å². The normalized spacial score (nSPS) is 16.9. The molecular formula is C14H17NO. The molecular weight excluding hydrogens is 198 g/mol. The van der Waals surface area contributed by atoms with Gasteiger partial charge in [0.05, 0.1) is 0 Å². The van der Waals surface area contributed by atoms with Gasteiger partial charge in [0.2, 0.25) is 5.89 Å². The summed E-state index contributed by atoms with van der Waals surface area (Å²) in [6.45, 7) is 6.37. The van der Waals surface area contributed by atoms with Gasteiger partial charge in [-0.1, -0.05) is 26.8 Å². The fraction of sp³-hybridized carbons (Fsp3) is 0.500. The molecule has 84 valence electrons. The molecule has 0 N–H and O–H groups in total. The number of aromatic nitrogens is 1. The van der Waals surface area contributed by atoms with Gasteiger partial charge in [0.25, 0.3) is 0 Å². The maximum Gasteiger partial charge on any atom is 0.200 e. The molecule has 2 aromatic rings. The standard InChI is InChI=1S/C14H17NO/c1-14(2,3)13-15-11-7-6-10(9-4-5-9)8-12(11)16-13/h6-9H,4-5H2,1-3H3. The first-order valence-electron chi connectivity index (χ1n) is 5.95. The van der Waals surface area contributed by atoms with Gasteiger partial charge in [-0.2, -0.15) is 0 Å². The molecule has 1 aliphatic carbocycles. The summed E-state index contributed by atoms with van der Waals surface area (Å²) in [5.41, 5.74) is 3.31. The third kappa shape index (κ3) is 1.62. The van der Waals surface area contributed by atoms with E-state index in [0.29, 0.717) is 0 Å². The van der Waals surface area contributed by atoms with Crippen LogP contribution in [-0.4, -0.2) is 4.98 Å². The second-order valence-electron chi connectivity index (χ2n) is 5.77. The van der Waals surface area contributed by atoms with E-state index >= 15 is 0 Å². The molecule has 1 aromatic heterocycles. The smallest absolute Gasteiger partial charge is 0.200 e. The molecule has 1 aromatic carbocycles. The molecule has 1 fully saturated rings. The minimum Gasteiger partial charge on any atom is -0.440 e. The molecule has 0 amide bonds. The van der Waals surface area contributed by atoms with Gasteiger partial charge in [0, 0.05) is 5.41 Å². The zero-order chi connectivity index (χ0) is 11.3. The first-order chi connectivity index (χ1) is 7.54. The Kier molecular flexibility index (Phi) is 1.91. The lowest BCUT2D eigenvalue weighted by Crippen LogP contribution is -2.10. The Bertz CT molecular complexity index is 529. The fourth-order valence-corrected chi connectivity index (χ4v) is 1.93. The van der Waals surface area contributed by atoms with Crippen molar-refractivity contribution in [2.24, 2.45) is 0 Å². The summed E-state index contributed by atoms with van der Waals surface area (Å²) >= 11 is 0. The maximum absolute atomic E-state index is 5.84. The molecule has 1 aliphatic rings. The van der Waals surface area contributed by atoms with Crippen molar-refractivity contribution in [2.45, 2.75) is 44.9 Å². The van der Waals surface area contributed by atoms with Crippen LogP contribution in [0.25, 0.3) is 11.1 Å².